The molecule has 27 heavy (non-hydrogen) atoms. The molecule has 1 N–H and O–H groups in total. The molecule has 3 rings (SSSR count). The summed E-state index contributed by atoms with van der Waals surface area (Å²) >= 11 is 2.66. The average Bonchev–Trinajstić information content (AvgIpc) is 3.25. The Morgan fingerprint density at radius 1 is 1.30 bits per heavy atom. The molecule has 0 aliphatic rings. The molecular weight excluding hydrogens is 388 g/mol. The van der Waals surface area contributed by atoms with Crippen molar-refractivity contribution in [1.82, 2.24) is 25.2 Å². The lowest BCUT2D eigenvalue weighted by molar-refractivity contribution is -0.113. The van der Waals surface area contributed by atoms with Crippen molar-refractivity contribution in [3.63, 3.8) is 0 Å². The van der Waals surface area contributed by atoms with Gasteiger partial charge in [-0.1, -0.05) is 11.8 Å². The number of thioether (sulfide) groups is 1. The van der Waals surface area contributed by atoms with Crippen LogP contribution >= 0.6 is 23.1 Å². The summed E-state index contributed by atoms with van der Waals surface area (Å²) in [5, 5.41) is 15.6. The van der Waals surface area contributed by atoms with Gasteiger partial charge in [0.15, 0.2) is 5.13 Å². The van der Waals surface area contributed by atoms with Gasteiger partial charge in [-0.25, -0.2) is 4.98 Å². The number of methoxy groups -OCH3 is 2. The zero-order valence-electron chi connectivity index (χ0n) is 15.2. The van der Waals surface area contributed by atoms with Gasteiger partial charge in [0.2, 0.25) is 11.1 Å². The van der Waals surface area contributed by atoms with Crippen molar-refractivity contribution in [2.45, 2.75) is 19.0 Å². The number of ether oxygens (including phenoxy) is 2. The lowest BCUT2D eigenvalue weighted by Gasteiger charge is -2.11. The second-order valence-corrected chi connectivity index (χ2v) is 7.55. The molecule has 0 spiro atoms. The topological polar surface area (TPSA) is 104 Å². The highest BCUT2D eigenvalue weighted by Gasteiger charge is 2.16. The second kappa shape index (κ2) is 8.35. The highest BCUT2D eigenvalue weighted by Crippen LogP contribution is 2.29. The minimum absolute atomic E-state index is 0.143. The largest absolute Gasteiger partial charge is 0.497 e. The normalized spacial score (nSPS) is 10.7. The van der Waals surface area contributed by atoms with Gasteiger partial charge in [0, 0.05) is 10.9 Å². The van der Waals surface area contributed by atoms with Crippen molar-refractivity contribution >= 4 is 34.1 Å². The van der Waals surface area contributed by atoms with Crippen LogP contribution in [0.2, 0.25) is 0 Å². The number of rotatable bonds is 7. The van der Waals surface area contributed by atoms with Crippen molar-refractivity contribution in [1.29, 1.82) is 0 Å². The Balaban J connectivity index is 1.73. The molecule has 1 aromatic carbocycles. The Morgan fingerprint density at radius 2 is 2.11 bits per heavy atom. The van der Waals surface area contributed by atoms with E-state index in [4.69, 9.17) is 9.47 Å². The Morgan fingerprint density at radius 3 is 2.78 bits per heavy atom. The van der Waals surface area contributed by atoms with E-state index >= 15 is 0 Å². The second-order valence-electron chi connectivity index (χ2n) is 5.41. The first-order valence-electron chi connectivity index (χ1n) is 7.89. The van der Waals surface area contributed by atoms with E-state index < -0.39 is 0 Å². The van der Waals surface area contributed by atoms with Crippen LogP contribution in [0.4, 0.5) is 5.13 Å². The van der Waals surface area contributed by atoms with E-state index in [0.29, 0.717) is 27.5 Å². The number of nitrogens with zero attached hydrogens (tertiary/aromatic N) is 5. The smallest absolute Gasteiger partial charge is 0.236 e. The number of anilines is 1. The maximum absolute atomic E-state index is 12.2. The molecule has 0 unspecified atom stereocenters. The number of carbonyl (C=O) groups excluding carboxylic acids is 1. The molecule has 0 radical (unpaired) electrons. The Kier molecular flexibility index (Phi) is 5.91. The molecule has 0 aliphatic heterocycles. The number of nitrogens with one attached hydrogen (secondary N) is 1. The van der Waals surface area contributed by atoms with E-state index in [1.807, 2.05) is 13.8 Å². The number of thiazole rings is 1. The molecule has 0 saturated carbocycles. The van der Waals surface area contributed by atoms with Gasteiger partial charge in [-0.3, -0.25) is 4.79 Å². The molecule has 3 aromatic rings. The van der Waals surface area contributed by atoms with Crippen LogP contribution in [0.3, 0.4) is 0 Å². The van der Waals surface area contributed by atoms with Crippen LogP contribution in [-0.4, -0.2) is 51.1 Å². The first-order chi connectivity index (χ1) is 13.0. The van der Waals surface area contributed by atoms with Crippen molar-refractivity contribution in [2.24, 2.45) is 0 Å². The maximum Gasteiger partial charge on any atom is 0.236 e. The molecule has 0 fully saturated rings. The number of benzene rings is 1. The van der Waals surface area contributed by atoms with Crippen LogP contribution in [0.5, 0.6) is 11.5 Å². The van der Waals surface area contributed by atoms with Gasteiger partial charge in [-0.05, 0) is 36.4 Å². The molecule has 2 aromatic heterocycles. The highest BCUT2D eigenvalue weighted by molar-refractivity contribution is 7.99. The lowest BCUT2D eigenvalue weighted by atomic mass is 10.3. The molecule has 2 heterocycles. The summed E-state index contributed by atoms with van der Waals surface area (Å²) in [6.07, 6.45) is 0. The van der Waals surface area contributed by atoms with E-state index in [2.05, 4.69) is 25.8 Å². The molecule has 11 heteroatoms. The summed E-state index contributed by atoms with van der Waals surface area (Å²) in [7, 11) is 3.14. The Labute approximate surface area is 164 Å². The molecule has 1 amide bonds. The third-order valence-electron chi connectivity index (χ3n) is 3.66. The first kappa shape index (κ1) is 19.1. The van der Waals surface area contributed by atoms with Crippen LogP contribution < -0.4 is 14.8 Å². The van der Waals surface area contributed by atoms with Gasteiger partial charge in [-0.15, -0.1) is 16.4 Å². The van der Waals surface area contributed by atoms with Crippen LogP contribution in [0.25, 0.3) is 5.69 Å². The van der Waals surface area contributed by atoms with E-state index in [0.717, 1.165) is 10.6 Å². The fraction of sp³-hybridized carbons (Fsp3) is 0.312. The van der Waals surface area contributed by atoms with Crippen LogP contribution in [0.1, 0.15) is 10.6 Å². The van der Waals surface area contributed by atoms with Crippen molar-refractivity contribution in [3.8, 4) is 17.2 Å². The number of hydrogen-bond acceptors (Lipinski definition) is 9. The van der Waals surface area contributed by atoms with E-state index in [-0.39, 0.29) is 11.7 Å². The van der Waals surface area contributed by atoms with Gasteiger partial charge in [0.25, 0.3) is 0 Å². The predicted octanol–water partition coefficient (Wildman–Crippen LogP) is 2.48. The average molecular weight is 406 g/mol. The Bertz CT molecular complexity index is 936. The van der Waals surface area contributed by atoms with Gasteiger partial charge in [0.1, 0.15) is 17.2 Å². The molecule has 0 bridgehead atoms. The number of tetrazole rings is 1. The third kappa shape index (κ3) is 4.37. The fourth-order valence-electron chi connectivity index (χ4n) is 2.19. The number of aromatic nitrogens is 5. The predicted molar refractivity (Wildman–Crippen MR) is 103 cm³/mol. The van der Waals surface area contributed by atoms with Gasteiger partial charge < -0.3 is 14.8 Å². The monoisotopic (exact) mass is 406 g/mol. The molecule has 0 aliphatic carbocycles. The molecule has 0 saturated heterocycles. The number of amides is 1. The quantitative estimate of drug-likeness (QED) is 0.597. The van der Waals surface area contributed by atoms with Crippen molar-refractivity contribution in [3.05, 3.63) is 28.8 Å². The Hall–Kier alpha value is -2.66. The summed E-state index contributed by atoms with van der Waals surface area (Å²) in [5.41, 5.74) is 1.54. The summed E-state index contributed by atoms with van der Waals surface area (Å²) in [6.45, 7) is 3.87. The summed E-state index contributed by atoms with van der Waals surface area (Å²) < 4.78 is 12.1. The molecule has 0 atom stereocenters. The van der Waals surface area contributed by atoms with Gasteiger partial charge >= 0.3 is 0 Å². The molecular formula is C16H18N6O3S2. The minimum Gasteiger partial charge on any atom is -0.497 e. The van der Waals surface area contributed by atoms with Crippen molar-refractivity contribution in [2.75, 3.05) is 25.3 Å². The standard InChI is InChI=1S/C16H18N6O3S2/c1-9-10(2)27-15(17-9)18-14(23)8-26-16-19-20-21-22(16)12-7-11(24-3)5-6-13(12)25-4/h5-7H,8H2,1-4H3,(H,17,18,23). The molecule has 9 nitrogen and oxygen atoms in total. The van der Waals surface area contributed by atoms with Crippen LogP contribution in [0, 0.1) is 13.8 Å². The van der Waals surface area contributed by atoms with E-state index in [9.17, 15) is 4.79 Å². The third-order valence-corrected chi connectivity index (χ3v) is 5.57. The molecule has 142 valence electrons. The minimum atomic E-state index is -0.180. The van der Waals surface area contributed by atoms with Crippen LogP contribution in [-0.2, 0) is 4.79 Å². The van der Waals surface area contributed by atoms with E-state index in [1.54, 1.807) is 32.4 Å². The van der Waals surface area contributed by atoms with Crippen molar-refractivity contribution < 1.29 is 14.3 Å². The summed E-state index contributed by atoms with van der Waals surface area (Å²) in [4.78, 5) is 17.6. The van der Waals surface area contributed by atoms with Gasteiger partial charge in [-0.2, -0.15) is 4.68 Å². The zero-order valence-corrected chi connectivity index (χ0v) is 16.8. The highest BCUT2D eigenvalue weighted by atomic mass is 32.2. The number of hydrogen-bond donors (Lipinski definition) is 1. The fourth-order valence-corrected chi connectivity index (χ4v) is 3.71. The number of carbonyl (C=O) groups is 1. The lowest BCUT2D eigenvalue weighted by Crippen LogP contribution is -2.14. The van der Waals surface area contributed by atoms with Gasteiger partial charge in [0.05, 0.1) is 25.7 Å². The van der Waals surface area contributed by atoms with E-state index in [1.165, 1.54) is 27.8 Å². The number of aryl methyl sites for hydroxylation is 2. The summed E-state index contributed by atoms with van der Waals surface area (Å²) in [5.74, 6) is 1.19. The zero-order chi connectivity index (χ0) is 19.4. The van der Waals surface area contributed by atoms with Crippen LogP contribution in [0.15, 0.2) is 23.4 Å². The SMILES string of the molecule is COc1ccc(OC)c(-n2nnnc2SCC(=O)Nc2nc(C)c(C)s2)c1. The first-order valence-corrected chi connectivity index (χ1v) is 9.69. The summed E-state index contributed by atoms with van der Waals surface area (Å²) in [6, 6.07) is 5.32. The maximum atomic E-state index is 12.2.